The van der Waals surface area contributed by atoms with Crippen molar-refractivity contribution in [2.24, 2.45) is 0 Å². The van der Waals surface area contributed by atoms with Crippen molar-refractivity contribution in [2.45, 2.75) is 110 Å². The Bertz CT molecular complexity index is 330. The Balaban J connectivity index is 4.69. The molecule has 0 aromatic carbocycles. The molecule has 0 spiro atoms. The van der Waals surface area contributed by atoms with Gasteiger partial charge in [-0.2, -0.15) is 5.26 Å². The maximum Gasteiger partial charge on any atom is 0.500 e. The van der Waals surface area contributed by atoms with Crippen LogP contribution in [0.2, 0.25) is 6.04 Å². The molecule has 0 aliphatic heterocycles. The molecule has 0 bridgehead atoms. The Labute approximate surface area is 180 Å². The quantitative estimate of drug-likeness (QED) is 0.102. The van der Waals surface area contributed by atoms with Crippen LogP contribution in [0, 0.1) is 10.7 Å². The number of nitriles is 1. The van der Waals surface area contributed by atoms with Crippen molar-refractivity contribution < 1.29 is 13.3 Å². The lowest BCUT2D eigenvalue weighted by Gasteiger charge is -2.30. The number of hydrogen-bond acceptors (Lipinski definition) is 5. The van der Waals surface area contributed by atoms with E-state index in [0.717, 1.165) is 57.3 Å². The summed E-state index contributed by atoms with van der Waals surface area (Å²) in [7, 11) is -2.65. The third-order valence-corrected chi connectivity index (χ3v) is 8.27. The lowest BCUT2D eigenvalue weighted by Crippen LogP contribution is -2.46. The van der Waals surface area contributed by atoms with E-state index in [2.05, 4.69) is 26.2 Å². The number of thioether (sulfide) groups is 1. The fraction of sp³-hybridized carbons (Fsp3) is 0.955. The molecule has 6 heteroatoms. The summed E-state index contributed by atoms with van der Waals surface area (Å²) in [6.07, 6.45) is 15.2. The van der Waals surface area contributed by atoms with Gasteiger partial charge < -0.3 is 13.3 Å². The highest BCUT2D eigenvalue weighted by Crippen LogP contribution is 2.22. The minimum atomic E-state index is -2.65. The first-order chi connectivity index (χ1) is 13.7. The number of rotatable bonds is 22. The van der Waals surface area contributed by atoms with Crippen molar-refractivity contribution in [1.82, 2.24) is 0 Å². The van der Waals surface area contributed by atoms with Gasteiger partial charge in [0.1, 0.15) is 5.40 Å². The van der Waals surface area contributed by atoms with E-state index in [4.69, 9.17) is 18.5 Å². The van der Waals surface area contributed by atoms with E-state index < -0.39 is 8.80 Å². The zero-order valence-corrected chi connectivity index (χ0v) is 20.6. The second-order valence-electron chi connectivity index (χ2n) is 7.45. The summed E-state index contributed by atoms with van der Waals surface area (Å²) < 4.78 is 19.1. The molecule has 0 radical (unpaired) electrons. The van der Waals surface area contributed by atoms with Crippen LogP contribution in [0.1, 0.15) is 104 Å². The summed E-state index contributed by atoms with van der Waals surface area (Å²) in [5, 5.41) is 11.0. The molecule has 0 aliphatic rings. The summed E-state index contributed by atoms with van der Waals surface area (Å²) in [6.45, 7) is 8.90. The van der Waals surface area contributed by atoms with Crippen LogP contribution in [0.4, 0.5) is 0 Å². The summed E-state index contributed by atoms with van der Waals surface area (Å²) in [5.41, 5.74) is 0. The topological polar surface area (TPSA) is 51.5 Å². The van der Waals surface area contributed by atoms with Gasteiger partial charge in [0.15, 0.2) is 0 Å². The van der Waals surface area contributed by atoms with Crippen LogP contribution < -0.4 is 0 Å². The van der Waals surface area contributed by atoms with Crippen LogP contribution in [-0.2, 0) is 13.3 Å². The van der Waals surface area contributed by atoms with E-state index in [1.165, 1.54) is 69.5 Å². The Kier molecular flexibility index (Phi) is 21.6. The van der Waals surface area contributed by atoms with Gasteiger partial charge in [0.2, 0.25) is 0 Å². The lowest BCUT2D eigenvalue weighted by molar-refractivity contribution is 0.0552. The molecule has 0 aliphatic carbocycles. The second kappa shape index (κ2) is 21.6. The van der Waals surface area contributed by atoms with Gasteiger partial charge in [-0.15, -0.1) is 0 Å². The van der Waals surface area contributed by atoms with Crippen LogP contribution >= 0.6 is 11.8 Å². The van der Waals surface area contributed by atoms with Gasteiger partial charge in [0.25, 0.3) is 0 Å². The predicted octanol–water partition coefficient (Wildman–Crippen LogP) is 7.32. The molecule has 0 atom stereocenters. The van der Waals surface area contributed by atoms with Gasteiger partial charge in [-0.25, -0.2) is 0 Å². The van der Waals surface area contributed by atoms with E-state index in [0.29, 0.717) is 0 Å². The zero-order valence-electron chi connectivity index (χ0n) is 18.8. The van der Waals surface area contributed by atoms with Crippen molar-refractivity contribution in [3.8, 4) is 5.40 Å². The molecule has 0 N–H and O–H groups in total. The first kappa shape index (κ1) is 27.9. The van der Waals surface area contributed by atoms with Crippen LogP contribution in [0.5, 0.6) is 0 Å². The van der Waals surface area contributed by atoms with E-state index in [-0.39, 0.29) is 0 Å². The molecule has 28 heavy (non-hydrogen) atoms. The molecule has 0 unspecified atom stereocenters. The van der Waals surface area contributed by atoms with E-state index in [9.17, 15) is 0 Å². The Morgan fingerprint density at radius 2 is 1.07 bits per heavy atom. The molecular formula is C22H45NO3SSi. The molecule has 0 aromatic rings. The monoisotopic (exact) mass is 431 g/mol. The number of unbranched alkanes of at least 4 members (excludes halogenated alkanes) is 9. The van der Waals surface area contributed by atoms with Crippen molar-refractivity contribution in [1.29, 1.82) is 5.26 Å². The van der Waals surface area contributed by atoms with Gasteiger partial charge in [0, 0.05) is 31.6 Å². The van der Waals surface area contributed by atoms with Gasteiger partial charge >= 0.3 is 8.80 Å². The zero-order chi connectivity index (χ0) is 20.8. The minimum absolute atomic E-state index is 0.738. The number of nitrogens with zero attached hydrogens (tertiary/aromatic N) is 1. The normalized spacial score (nSPS) is 11.6. The second-order valence-corrected chi connectivity index (χ2v) is 11.1. The van der Waals surface area contributed by atoms with Crippen LogP contribution in [0.3, 0.4) is 0 Å². The lowest BCUT2D eigenvalue weighted by atomic mass is 10.2. The Hall–Kier alpha value is -0.0631. The summed E-state index contributed by atoms with van der Waals surface area (Å²) in [5.74, 6) is 0.822. The van der Waals surface area contributed by atoms with E-state index in [1.807, 2.05) is 0 Å². The van der Waals surface area contributed by atoms with Gasteiger partial charge in [-0.3, -0.25) is 0 Å². The molecular weight excluding hydrogens is 386 g/mol. The average Bonchev–Trinajstić information content (AvgIpc) is 2.70. The van der Waals surface area contributed by atoms with Crippen molar-refractivity contribution in [3.05, 3.63) is 0 Å². The summed E-state index contributed by atoms with van der Waals surface area (Å²) >= 11 is 1.31. The third-order valence-electron chi connectivity index (χ3n) is 4.75. The fourth-order valence-electron chi connectivity index (χ4n) is 3.02. The van der Waals surface area contributed by atoms with Gasteiger partial charge in [-0.1, -0.05) is 78.6 Å². The van der Waals surface area contributed by atoms with Crippen molar-refractivity contribution in [3.63, 3.8) is 0 Å². The highest BCUT2D eigenvalue weighted by Gasteiger charge is 2.40. The molecule has 0 rings (SSSR count). The summed E-state index contributed by atoms with van der Waals surface area (Å²) in [4.78, 5) is 0. The molecule has 4 nitrogen and oxygen atoms in total. The third kappa shape index (κ3) is 16.9. The van der Waals surface area contributed by atoms with Crippen LogP contribution in [-0.4, -0.2) is 34.4 Å². The maximum atomic E-state index is 8.80. The predicted molar refractivity (Wildman–Crippen MR) is 124 cm³/mol. The fourth-order valence-corrected chi connectivity index (χ4v) is 6.31. The largest absolute Gasteiger partial charge is 0.500 e. The number of thiocyanates is 1. The standard InChI is InChI=1S/C22H45NO3SSi/c1-4-7-10-13-17-24-28(21-16-20-27-22-23,25-18-14-11-8-5-2)26-19-15-12-9-6-3/h4-21H2,1-3H3. The number of hydrogen-bond donors (Lipinski definition) is 0. The first-order valence-corrected chi connectivity index (χ1v) is 14.6. The van der Waals surface area contributed by atoms with E-state index in [1.54, 1.807) is 0 Å². The van der Waals surface area contributed by atoms with E-state index >= 15 is 0 Å². The smallest absolute Gasteiger partial charge is 0.373 e. The van der Waals surface area contributed by atoms with Crippen LogP contribution in [0.25, 0.3) is 0 Å². The van der Waals surface area contributed by atoms with Crippen molar-refractivity contribution in [2.75, 3.05) is 25.6 Å². The van der Waals surface area contributed by atoms with Gasteiger partial charge in [-0.05, 0) is 37.4 Å². The van der Waals surface area contributed by atoms with Crippen LogP contribution in [0.15, 0.2) is 0 Å². The maximum absolute atomic E-state index is 8.80. The Morgan fingerprint density at radius 1 is 0.643 bits per heavy atom. The Morgan fingerprint density at radius 3 is 1.43 bits per heavy atom. The highest BCUT2D eigenvalue weighted by molar-refractivity contribution is 8.03. The average molecular weight is 432 g/mol. The minimum Gasteiger partial charge on any atom is -0.373 e. The molecule has 166 valence electrons. The summed E-state index contributed by atoms with van der Waals surface area (Å²) in [6, 6.07) is 0.830. The molecule has 0 heterocycles. The molecule has 0 fully saturated rings. The molecule has 0 saturated carbocycles. The highest BCUT2D eigenvalue weighted by atomic mass is 32.2. The molecule has 0 saturated heterocycles. The first-order valence-electron chi connectivity index (χ1n) is 11.7. The molecule has 0 aromatic heterocycles. The van der Waals surface area contributed by atoms with Gasteiger partial charge in [0.05, 0.1) is 0 Å². The molecule has 0 amide bonds. The SMILES string of the molecule is CCCCCCO[Si](CCCSC#N)(OCCCCCC)OCCCCCC. The van der Waals surface area contributed by atoms with Crippen molar-refractivity contribution >= 4 is 20.6 Å².